The molecule has 5 atom stereocenters. The molecule has 1 aliphatic rings. The average molecular weight is 527 g/mol. The predicted octanol–water partition coefficient (Wildman–Crippen LogP) is -0.896. The number of Topliss-reactive ketones (excluding diaryl/α,β-unsaturated/α-hetero) is 1. The maximum atomic E-state index is 13.0. The lowest BCUT2D eigenvalue weighted by Crippen LogP contribution is -2.61. The second kappa shape index (κ2) is 8.62. The van der Waals surface area contributed by atoms with E-state index in [2.05, 4.69) is 34.0 Å². The van der Waals surface area contributed by atoms with Crippen molar-refractivity contribution >= 4 is 46.2 Å². The van der Waals surface area contributed by atoms with Crippen molar-refractivity contribution in [3.05, 3.63) is 12.7 Å². The molecule has 0 bridgehead atoms. The number of aromatic nitrogens is 4. The van der Waals surface area contributed by atoms with Crippen LogP contribution >= 0.6 is 23.5 Å². The number of terminal acetylenes is 1. The minimum atomic E-state index is -5.76. The van der Waals surface area contributed by atoms with Crippen molar-refractivity contribution < 1.29 is 56.3 Å². The lowest BCUT2D eigenvalue weighted by atomic mass is 9.56. The van der Waals surface area contributed by atoms with Gasteiger partial charge in [-0.05, 0) is 0 Å². The van der Waals surface area contributed by atoms with Crippen molar-refractivity contribution in [1.82, 2.24) is 19.5 Å². The summed E-state index contributed by atoms with van der Waals surface area (Å²) >= 11 is 0. The van der Waals surface area contributed by atoms with Gasteiger partial charge in [0.2, 0.25) is 0 Å². The summed E-state index contributed by atoms with van der Waals surface area (Å²) < 4.78 is 47.1. The normalized spacial score (nSPS) is 26.8. The molecule has 3 rings (SSSR count). The van der Waals surface area contributed by atoms with Gasteiger partial charge < -0.3 is 35.0 Å². The van der Waals surface area contributed by atoms with Crippen LogP contribution < -0.4 is 5.73 Å². The molecule has 0 amide bonds. The van der Waals surface area contributed by atoms with Gasteiger partial charge in [-0.3, -0.25) is 9.32 Å². The van der Waals surface area contributed by atoms with E-state index in [9.17, 15) is 33.4 Å². The van der Waals surface area contributed by atoms with Crippen LogP contribution in [0.5, 0.6) is 0 Å². The molecule has 0 saturated heterocycles. The molecular weight excluding hydrogens is 511 g/mol. The van der Waals surface area contributed by atoms with E-state index < -0.39 is 59.8 Å². The van der Waals surface area contributed by atoms with E-state index in [0.717, 1.165) is 6.33 Å². The van der Waals surface area contributed by atoms with Gasteiger partial charge in [0.25, 0.3) is 0 Å². The molecule has 20 heteroatoms. The van der Waals surface area contributed by atoms with E-state index >= 15 is 0 Å². The molecule has 0 aliphatic heterocycles. The lowest BCUT2D eigenvalue weighted by molar-refractivity contribution is -0.155. The van der Waals surface area contributed by atoms with Crippen molar-refractivity contribution in [2.45, 2.75) is 6.04 Å². The molecule has 0 spiro atoms. The van der Waals surface area contributed by atoms with E-state index in [1.54, 1.807) is 0 Å². The van der Waals surface area contributed by atoms with E-state index in [1.807, 2.05) is 0 Å². The Bertz CT molecular complexity index is 1290. The first-order valence-corrected chi connectivity index (χ1v) is 13.0. The Hall–Kier alpha value is -2.05. The van der Waals surface area contributed by atoms with Crippen molar-refractivity contribution in [1.29, 1.82) is 0 Å². The van der Waals surface area contributed by atoms with E-state index in [1.165, 1.54) is 10.9 Å². The Morgan fingerprint density at radius 3 is 2.39 bits per heavy atom. The lowest BCUT2D eigenvalue weighted by Gasteiger charge is -2.49. The Morgan fingerprint density at radius 1 is 1.15 bits per heavy atom. The van der Waals surface area contributed by atoms with Crippen LogP contribution in [0.1, 0.15) is 6.04 Å². The van der Waals surface area contributed by atoms with Gasteiger partial charge in [-0.15, -0.1) is 6.42 Å². The third-order valence-electron chi connectivity index (χ3n) is 4.73. The fourth-order valence-electron chi connectivity index (χ4n) is 3.34. The summed E-state index contributed by atoms with van der Waals surface area (Å²) in [7, 11) is -16.9. The van der Waals surface area contributed by atoms with Gasteiger partial charge in [0.1, 0.15) is 23.3 Å². The second-order valence-electron chi connectivity index (χ2n) is 6.66. The largest absolute Gasteiger partial charge is 0.490 e. The number of carbonyl (C=O) groups excluding carboxylic acids is 1. The number of nitrogens with two attached hydrogens (primary N) is 1. The van der Waals surface area contributed by atoms with Gasteiger partial charge in [0, 0.05) is 5.92 Å². The van der Waals surface area contributed by atoms with Crippen LogP contribution in [0.4, 0.5) is 5.82 Å². The zero-order valence-electron chi connectivity index (χ0n) is 16.1. The number of anilines is 1. The zero-order valence-corrected chi connectivity index (χ0v) is 18.8. The summed E-state index contributed by atoms with van der Waals surface area (Å²) in [6, 6.07) is -1.13. The average Bonchev–Trinajstić information content (AvgIpc) is 3.08. The van der Waals surface area contributed by atoms with Crippen LogP contribution in [0.25, 0.3) is 11.2 Å². The number of aliphatic hydroxyl groups excluding tert-OH is 1. The highest BCUT2D eigenvalue weighted by atomic mass is 31.3. The summed E-state index contributed by atoms with van der Waals surface area (Å²) in [6.45, 7) is -1.78. The number of fused-ring (bicyclic) bond motifs is 1. The van der Waals surface area contributed by atoms with Gasteiger partial charge in [-0.25, -0.2) is 28.6 Å². The fraction of sp³-hybridized carbons (Fsp3) is 0.385. The molecule has 1 saturated carbocycles. The molecule has 1 aliphatic carbocycles. The van der Waals surface area contributed by atoms with Crippen LogP contribution in [0.3, 0.4) is 0 Å². The highest BCUT2D eigenvalue weighted by Crippen LogP contribution is 2.67. The number of phosphoric ester groups is 1. The van der Waals surface area contributed by atoms with E-state index in [0.29, 0.717) is 0 Å². The van der Waals surface area contributed by atoms with Crippen molar-refractivity contribution in [3.63, 3.8) is 0 Å². The monoisotopic (exact) mass is 527 g/mol. The third kappa shape index (κ3) is 4.92. The maximum Gasteiger partial charge on any atom is 0.490 e. The van der Waals surface area contributed by atoms with Gasteiger partial charge in [-0.2, -0.15) is 8.62 Å². The molecule has 0 aromatic carbocycles. The molecule has 0 radical (unpaired) electrons. The van der Waals surface area contributed by atoms with Gasteiger partial charge in [0.15, 0.2) is 17.2 Å². The Morgan fingerprint density at radius 2 is 1.82 bits per heavy atom. The van der Waals surface area contributed by atoms with Crippen LogP contribution in [0, 0.1) is 23.7 Å². The molecule has 2 heterocycles. The van der Waals surface area contributed by atoms with Gasteiger partial charge in [0.05, 0.1) is 19.5 Å². The molecule has 1 fully saturated rings. The number of aliphatic hydroxyl groups is 1. The van der Waals surface area contributed by atoms with E-state index in [4.69, 9.17) is 21.9 Å². The van der Waals surface area contributed by atoms with Crippen molar-refractivity contribution in [3.8, 4) is 12.3 Å². The van der Waals surface area contributed by atoms with Gasteiger partial charge >= 0.3 is 23.5 Å². The molecule has 2 aromatic heterocycles. The number of hydrogen-bond acceptors (Lipinski definition) is 12. The third-order valence-corrected chi connectivity index (χ3v) is 8.52. The van der Waals surface area contributed by atoms with Crippen LogP contribution in [0.15, 0.2) is 12.7 Å². The summed E-state index contributed by atoms with van der Waals surface area (Å²) in [5, 5.41) is 9.86. The second-order valence-corrected chi connectivity index (χ2v) is 11.1. The Kier molecular flexibility index (Phi) is 6.68. The first-order chi connectivity index (χ1) is 15.2. The van der Waals surface area contributed by atoms with Crippen LogP contribution in [0.2, 0.25) is 0 Å². The number of hydrogen-bond donors (Lipinski definition) is 6. The number of carbonyl (C=O) groups is 1. The highest BCUT2D eigenvalue weighted by Gasteiger charge is 2.63. The summed E-state index contributed by atoms with van der Waals surface area (Å²) in [5.41, 5.74) is 4.04. The molecule has 7 N–H and O–H groups in total. The topological polar surface area (TPSA) is 267 Å². The number of nitrogen functional groups attached to an aromatic ring is 1. The smallest absolute Gasteiger partial charge is 0.396 e. The predicted molar refractivity (Wildman–Crippen MR) is 105 cm³/mol. The Balaban J connectivity index is 1.82. The van der Waals surface area contributed by atoms with Crippen LogP contribution in [-0.4, -0.2) is 63.2 Å². The molecule has 2 aromatic rings. The molecule has 33 heavy (non-hydrogen) atoms. The minimum absolute atomic E-state index is 0.0296. The van der Waals surface area contributed by atoms with Crippen molar-refractivity contribution in [2.24, 2.45) is 11.3 Å². The summed E-state index contributed by atoms with van der Waals surface area (Å²) in [6.07, 6.45) is 7.77. The van der Waals surface area contributed by atoms with E-state index in [-0.39, 0.29) is 17.0 Å². The standard InChI is InChI=1S/C13H16N5O12P3/c1-2-13(4-28-32(24,25)30-33(26,27)29-31(21,22)23)7(3-19)9(10(13)20)18-6-17-8-11(14)15-5-16-12(8)18/h1,5-7,9,19H,3-4H2,(H,24,25)(H,26,27)(H2,14,15,16)(H2,21,22,23)/t7-,9-,13+/m0/s1. The Labute approximate surface area is 184 Å². The molecular formula is C13H16N5O12P3. The SMILES string of the molecule is C#C[C@]1(COP(=O)(O)OP(=O)(O)OP(=O)(O)O)C(=O)[C@@H](n2cnc3c(N)ncnc32)[C@@H]1CO. The van der Waals surface area contributed by atoms with Gasteiger partial charge in [-0.1, -0.05) is 5.92 Å². The number of ketones is 1. The highest BCUT2D eigenvalue weighted by molar-refractivity contribution is 7.66. The maximum absolute atomic E-state index is 13.0. The fourth-order valence-corrected chi connectivity index (χ4v) is 6.40. The van der Waals surface area contributed by atoms with Crippen LogP contribution in [-0.2, 0) is 31.6 Å². The molecule has 180 valence electrons. The number of rotatable bonds is 9. The molecule has 17 nitrogen and oxygen atoms in total. The summed E-state index contributed by atoms with van der Waals surface area (Å²) in [4.78, 5) is 60.7. The minimum Gasteiger partial charge on any atom is -0.396 e. The summed E-state index contributed by atoms with van der Waals surface area (Å²) in [5.74, 6) is 0.254. The quantitative estimate of drug-likeness (QED) is 0.170. The first kappa shape index (κ1) is 25.6. The number of imidazole rings is 1. The van der Waals surface area contributed by atoms with Crippen molar-refractivity contribution in [2.75, 3.05) is 18.9 Å². The first-order valence-electron chi connectivity index (χ1n) is 8.50. The molecule has 2 unspecified atom stereocenters. The number of phosphoric acid groups is 3. The number of nitrogens with zero attached hydrogens (tertiary/aromatic N) is 4. The zero-order chi connectivity index (χ0) is 24.8.